The predicted octanol–water partition coefficient (Wildman–Crippen LogP) is 10.6. The van der Waals surface area contributed by atoms with E-state index in [2.05, 4.69) is 0 Å². The van der Waals surface area contributed by atoms with Crippen molar-refractivity contribution in [2.24, 2.45) is 0 Å². The first-order chi connectivity index (χ1) is 22.4. The fourth-order valence-corrected chi connectivity index (χ4v) is 4.58. The molecule has 46 heavy (non-hydrogen) atoms. The molecule has 6 heteroatoms. The van der Waals surface area contributed by atoms with Gasteiger partial charge in [-0.15, -0.1) is 0 Å². The Labute approximate surface area is 267 Å². The number of ether oxygens (including phenoxy) is 4. The summed E-state index contributed by atoms with van der Waals surface area (Å²) in [6.07, 6.45) is 0. The zero-order chi connectivity index (χ0) is 31.9. The predicted molar refractivity (Wildman–Crippen MR) is 177 cm³/mol. The Hall–Kier alpha value is -6.14. The van der Waals surface area contributed by atoms with Gasteiger partial charge >= 0.3 is 0 Å². The maximum Gasteiger partial charge on any atom is 0.193 e. The van der Waals surface area contributed by atoms with E-state index in [0.717, 1.165) is 5.75 Å². The van der Waals surface area contributed by atoms with E-state index in [9.17, 15) is 9.59 Å². The van der Waals surface area contributed by atoms with E-state index in [4.69, 9.17) is 18.9 Å². The Morgan fingerprint density at radius 2 is 0.565 bits per heavy atom. The molecule has 0 unspecified atom stereocenters. The van der Waals surface area contributed by atoms with Gasteiger partial charge in [0.25, 0.3) is 0 Å². The van der Waals surface area contributed by atoms with Crippen LogP contribution >= 0.6 is 0 Å². The van der Waals surface area contributed by atoms with Crippen molar-refractivity contribution in [1.29, 1.82) is 0 Å². The van der Waals surface area contributed by atoms with Crippen LogP contribution in [0.1, 0.15) is 38.8 Å². The molecule has 0 heterocycles. The first kappa shape index (κ1) is 29.9. The van der Waals surface area contributed by atoms with Gasteiger partial charge in [-0.3, -0.25) is 9.59 Å². The van der Waals surface area contributed by atoms with E-state index in [-0.39, 0.29) is 11.6 Å². The van der Waals surface area contributed by atoms with Crippen molar-refractivity contribution < 1.29 is 28.5 Å². The minimum absolute atomic E-state index is 0.00855. The molecule has 226 valence electrons. The molecule has 0 fully saturated rings. The largest absolute Gasteiger partial charge is 0.457 e. The highest BCUT2D eigenvalue weighted by atomic mass is 16.5. The number of rotatable bonds is 11. The molecule has 0 radical (unpaired) electrons. The van der Waals surface area contributed by atoms with Crippen LogP contribution in [0.25, 0.3) is 0 Å². The highest BCUT2D eigenvalue weighted by Gasteiger charge is 2.11. The van der Waals surface area contributed by atoms with Crippen molar-refractivity contribution in [3.8, 4) is 46.0 Å². The van der Waals surface area contributed by atoms with E-state index in [1.54, 1.807) is 97.1 Å². The molecule has 0 saturated carbocycles. The van der Waals surface area contributed by atoms with Gasteiger partial charge < -0.3 is 18.9 Å². The molecule has 0 amide bonds. The molecule has 6 nitrogen and oxygen atoms in total. The maximum atomic E-state index is 13.1. The zero-order valence-corrected chi connectivity index (χ0v) is 25.3. The van der Waals surface area contributed by atoms with Crippen molar-refractivity contribution in [3.63, 3.8) is 0 Å². The molecule has 6 aromatic carbocycles. The summed E-state index contributed by atoms with van der Waals surface area (Å²) >= 11 is 0. The van der Waals surface area contributed by atoms with Crippen LogP contribution in [0, 0.1) is 6.92 Å². The SMILES string of the molecule is CC(=O)c1ccc(Oc2ccc(Oc3ccc(C(=O)c4ccc(Oc5ccc(Oc6ccc(C)cc6)cc5)cc4)cc3)cc2)cc1. The summed E-state index contributed by atoms with van der Waals surface area (Å²) in [5.74, 6) is 5.18. The molecule has 6 aromatic rings. The summed E-state index contributed by atoms with van der Waals surface area (Å²) in [5, 5.41) is 0. The third-order valence-electron chi connectivity index (χ3n) is 7.11. The van der Waals surface area contributed by atoms with Crippen molar-refractivity contribution in [2.45, 2.75) is 13.8 Å². The minimum atomic E-state index is -0.103. The number of Topliss-reactive ketones (excluding diaryl/α,β-unsaturated/α-hetero) is 1. The number of benzene rings is 6. The topological polar surface area (TPSA) is 71.1 Å². The number of carbonyl (C=O) groups is 2. The third kappa shape index (κ3) is 7.68. The first-order valence-electron chi connectivity index (χ1n) is 14.7. The van der Waals surface area contributed by atoms with Crippen LogP contribution in [0.5, 0.6) is 46.0 Å². The highest BCUT2D eigenvalue weighted by molar-refractivity contribution is 6.09. The van der Waals surface area contributed by atoms with Gasteiger partial charge in [0.05, 0.1) is 0 Å². The average molecular weight is 607 g/mol. The fourth-order valence-electron chi connectivity index (χ4n) is 4.58. The second kappa shape index (κ2) is 13.7. The maximum absolute atomic E-state index is 13.1. The third-order valence-corrected chi connectivity index (χ3v) is 7.11. The number of carbonyl (C=O) groups excluding carboxylic acids is 2. The normalized spacial score (nSPS) is 10.6. The Balaban J connectivity index is 1.01. The standard InChI is InChI=1S/C40H30O6/c1-27-3-11-32(12-4-27)43-36-19-21-38(22-20-36)45-34-15-7-30(8-16-34)40(42)31-9-17-35(18-10-31)46-39-25-23-37(24-26-39)44-33-13-5-29(6-14-33)28(2)41/h3-26H,1-2H3. The Kier molecular flexibility index (Phi) is 8.88. The van der Waals surface area contributed by atoms with Gasteiger partial charge in [-0.25, -0.2) is 0 Å². The van der Waals surface area contributed by atoms with Gasteiger partial charge in [0.2, 0.25) is 0 Å². The molecule has 0 aromatic heterocycles. The van der Waals surface area contributed by atoms with E-state index in [1.807, 2.05) is 55.5 Å². The van der Waals surface area contributed by atoms with E-state index < -0.39 is 0 Å². The van der Waals surface area contributed by atoms with E-state index in [0.29, 0.717) is 56.9 Å². The Morgan fingerprint density at radius 1 is 0.348 bits per heavy atom. The lowest BCUT2D eigenvalue weighted by molar-refractivity contribution is 0.101. The lowest BCUT2D eigenvalue weighted by atomic mass is 10.0. The van der Waals surface area contributed by atoms with Gasteiger partial charge in [-0.2, -0.15) is 0 Å². The van der Waals surface area contributed by atoms with Crippen LogP contribution in [-0.2, 0) is 0 Å². The second-order valence-electron chi connectivity index (χ2n) is 10.6. The number of hydrogen-bond acceptors (Lipinski definition) is 6. The summed E-state index contributed by atoms with van der Waals surface area (Å²) in [6.45, 7) is 3.56. The molecule has 0 atom stereocenters. The smallest absolute Gasteiger partial charge is 0.193 e. The molecule has 6 rings (SSSR count). The fraction of sp³-hybridized carbons (Fsp3) is 0.0500. The Morgan fingerprint density at radius 3 is 0.826 bits per heavy atom. The summed E-state index contributed by atoms with van der Waals surface area (Å²) in [7, 11) is 0. The molecule has 0 saturated heterocycles. The molecule has 0 spiro atoms. The molecule has 0 aliphatic rings. The number of hydrogen-bond donors (Lipinski definition) is 0. The molecule has 0 aliphatic carbocycles. The van der Waals surface area contributed by atoms with Gasteiger partial charge in [0.1, 0.15) is 46.0 Å². The summed E-state index contributed by atoms with van der Waals surface area (Å²) in [6, 6.07) is 43.5. The summed E-state index contributed by atoms with van der Waals surface area (Å²) < 4.78 is 23.6. The van der Waals surface area contributed by atoms with Crippen LogP contribution in [0.3, 0.4) is 0 Å². The lowest BCUT2D eigenvalue weighted by Gasteiger charge is -2.10. The molecule has 0 bridgehead atoms. The van der Waals surface area contributed by atoms with Crippen LogP contribution < -0.4 is 18.9 Å². The van der Waals surface area contributed by atoms with Gasteiger partial charge in [-0.05, 0) is 147 Å². The van der Waals surface area contributed by atoms with E-state index >= 15 is 0 Å². The van der Waals surface area contributed by atoms with Gasteiger partial charge in [0, 0.05) is 16.7 Å². The van der Waals surface area contributed by atoms with Crippen molar-refractivity contribution in [1.82, 2.24) is 0 Å². The van der Waals surface area contributed by atoms with Gasteiger partial charge in [0.15, 0.2) is 11.6 Å². The van der Waals surface area contributed by atoms with Crippen LogP contribution in [-0.4, -0.2) is 11.6 Å². The molecular weight excluding hydrogens is 576 g/mol. The first-order valence-corrected chi connectivity index (χ1v) is 14.7. The molecule has 0 N–H and O–H groups in total. The monoisotopic (exact) mass is 606 g/mol. The van der Waals surface area contributed by atoms with Crippen molar-refractivity contribution >= 4 is 11.6 Å². The van der Waals surface area contributed by atoms with E-state index in [1.165, 1.54) is 12.5 Å². The average Bonchev–Trinajstić information content (AvgIpc) is 3.08. The molecule has 0 aliphatic heterocycles. The van der Waals surface area contributed by atoms with Crippen molar-refractivity contribution in [2.75, 3.05) is 0 Å². The zero-order valence-electron chi connectivity index (χ0n) is 25.3. The van der Waals surface area contributed by atoms with Crippen LogP contribution in [0.4, 0.5) is 0 Å². The van der Waals surface area contributed by atoms with Crippen LogP contribution in [0.15, 0.2) is 146 Å². The molecular formula is C40H30O6. The lowest BCUT2D eigenvalue weighted by Crippen LogP contribution is -2.01. The van der Waals surface area contributed by atoms with Gasteiger partial charge in [-0.1, -0.05) is 17.7 Å². The van der Waals surface area contributed by atoms with Crippen molar-refractivity contribution in [3.05, 3.63) is 168 Å². The highest BCUT2D eigenvalue weighted by Crippen LogP contribution is 2.29. The Bertz CT molecular complexity index is 1930. The number of aryl methyl sites for hydroxylation is 1. The summed E-state index contributed by atoms with van der Waals surface area (Å²) in [4.78, 5) is 24.6. The number of ketones is 2. The second-order valence-corrected chi connectivity index (χ2v) is 10.6. The minimum Gasteiger partial charge on any atom is -0.457 e. The quantitative estimate of drug-likeness (QED) is 0.137. The van der Waals surface area contributed by atoms with Crippen LogP contribution in [0.2, 0.25) is 0 Å². The summed E-state index contributed by atoms with van der Waals surface area (Å²) in [5.41, 5.74) is 2.91.